The van der Waals surface area contributed by atoms with Crippen LogP contribution in [-0.4, -0.2) is 25.7 Å². The highest BCUT2D eigenvalue weighted by Crippen LogP contribution is 2.11. The van der Waals surface area contributed by atoms with Gasteiger partial charge in [-0.05, 0) is 0 Å². The molecule has 0 spiro atoms. The number of alkyl halides is 3. The van der Waals surface area contributed by atoms with Crippen LogP contribution in [0.25, 0.3) is 0 Å². The summed E-state index contributed by atoms with van der Waals surface area (Å²) in [6.07, 6.45) is -4.26. The van der Waals surface area contributed by atoms with Crippen LogP contribution in [0.4, 0.5) is 13.2 Å². The summed E-state index contributed by atoms with van der Waals surface area (Å²) in [5, 5.41) is 1.95. The number of rotatable bonds is 1. The van der Waals surface area contributed by atoms with Crippen molar-refractivity contribution in [1.29, 1.82) is 0 Å². The van der Waals surface area contributed by atoms with Gasteiger partial charge in [-0.2, -0.15) is 13.2 Å². The number of nitrogens with two attached hydrogens (primary N) is 1. The minimum absolute atomic E-state index is 0.0951. The Morgan fingerprint density at radius 1 is 1.55 bits per heavy atom. The fraction of sp³-hybridized carbons (Fsp3) is 0.750. The average Bonchev–Trinajstić information content (AvgIpc) is 1.88. The molecule has 0 saturated carbocycles. The van der Waals surface area contributed by atoms with Gasteiger partial charge in [0, 0.05) is 7.05 Å². The number of halogens is 3. The van der Waals surface area contributed by atoms with Crippen LogP contribution in [0.15, 0.2) is 4.99 Å². The predicted molar refractivity (Wildman–Crippen MR) is 34.7 cm³/mol. The van der Waals surface area contributed by atoms with E-state index in [1.165, 1.54) is 7.05 Å². The summed E-state index contributed by atoms with van der Waals surface area (Å²) in [6, 6.07) is 0. The molecule has 0 aliphatic heterocycles. The van der Waals surface area contributed by atoms with Gasteiger partial charge < -0.3 is 5.32 Å². The van der Waals surface area contributed by atoms with Crippen LogP contribution in [0.1, 0.15) is 0 Å². The lowest BCUT2D eigenvalue weighted by Gasteiger charge is -2.09. The molecular weight excluding hydrogens is 161 g/mol. The molecule has 0 atom stereocenters. The van der Waals surface area contributed by atoms with Crippen LogP contribution < -0.4 is 16.6 Å². The van der Waals surface area contributed by atoms with Gasteiger partial charge in [-0.3, -0.25) is 10.4 Å². The van der Waals surface area contributed by atoms with Crippen LogP contribution in [0.3, 0.4) is 0 Å². The second-order valence-electron chi connectivity index (χ2n) is 1.69. The average molecular weight is 170 g/mol. The second-order valence-corrected chi connectivity index (χ2v) is 1.69. The van der Waals surface area contributed by atoms with Crippen LogP contribution >= 0.6 is 0 Å². The Morgan fingerprint density at radius 2 is 2.09 bits per heavy atom. The van der Waals surface area contributed by atoms with E-state index in [0.29, 0.717) is 0 Å². The lowest BCUT2D eigenvalue weighted by molar-refractivity contribution is -0.122. The van der Waals surface area contributed by atoms with E-state index in [1.807, 2.05) is 10.7 Å². The molecule has 4 nitrogen and oxygen atoms in total. The Hall–Kier alpha value is -0.980. The Labute approximate surface area is 61.6 Å². The Kier molecular flexibility index (Phi) is 3.66. The number of guanidine groups is 1. The summed E-state index contributed by atoms with van der Waals surface area (Å²) in [5.74, 6) is 4.71. The first-order valence-electron chi connectivity index (χ1n) is 2.73. The van der Waals surface area contributed by atoms with Gasteiger partial charge in [0.1, 0.15) is 6.54 Å². The largest absolute Gasteiger partial charge is 0.405 e. The van der Waals surface area contributed by atoms with E-state index in [9.17, 15) is 13.2 Å². The number of hydrogen-bond donors (Lipinski definition) is 3. The fourth-order valence-corrected chi connectivity index (χ4v) is 0.379. The molecule has 0 heterocycles. The topological polar surface area (TPSA) is 62.4 Å². The van der Waals surface area contributed by atoms with Crippen LogP contribution in [-0.2, 0) is 0 Å². The quantitative estimate of drug-likeness (QED) is 0.217. The molecule has 0 bridgehead atoms. The lowest BCUT2D eigenvalue weighted by Crippen LogP contribution is -2.45. The zero-order valence-corrected chi connectivity index (χ0v) is 5.87. The Morgan fingerprint density at radius 3 is 2.36 bits per heavy atom. The molecule has 0 aromatic heterocycles. The van der Waals surface area contributed by atoms with Gasteiger partial charge in [0.25, 0.3) is 0 Å². The van der Waals surface area contributed by atoms with Gasteiger partial charge in [0.05, 0.1) is 0 Å². The Bertz CT molecular complexity index is 141. The molecule has 66 valence electrons. The SMILES string of the molecule is CN=C(NN)NCC(F)(F)F. The van der Waals surface area contributed by atoms with Gasteiger partial charge >= 0.3 is 6.18 Å². The smallest absolute Gasteiger partial charge is 0.346 e. The second kappa shape index (κ2) is 4.02. The molecule has 0 fully saturated rings. The lowest BCUT2D eigenvalue weighted by atomic mass is 10.6. The van der Waals surface area contributed by atoms with E-state index < -0.39 is 12.7 Å². The Balaban J connectivity index is 3.70. The number of aliphatic imine (C=N–C) groups is 1. The van der Waals surface area contributed by atoms with E-state index in [2.05, 4.69) is 4.99 Å². The normalized spacial score (nSPS) is 13.0. The van der Waals surface area contributed by atoms with Crippen molar-refractivity contribution in [3.8, 4) is 0 Å². The monoisotopic (exact) mass is 170 g/mol. The molecule has 11 heavy (non-hydrogen) atoms. The third kappa shape index (κ3) is 5.46. The molecule has 0 rings (SSSR count). The minimum atomic E-state index is -4.26. The van der Waals surface area contributed by atoms with Crippen molar-refractivity contribution >= 4 is 5.96 Å². The first-order valence-corrected chi connectivity index (χ1v) is 2.73. The first-order chi connectivity index (χ1) is 4.99. The van der Waals surface area contributed by atoms with Gasteiger partial charge in [0.15, 0.2) is 0 Å². The van der Waals surface area contributed by atoms with Crippen LogP contribution in [0.5, 0.6) is 0 Å². The summed E-state index contributed by atoms with van der Waals surface area (Å²) in [7, 11) is 1.32. The van der Waals surface area contributed by atoms with Crippen LogP contribution in [0.2, 0.25) is 0 Å². The van der Waals surface area contributed by atoms with Gasteiger partial charge in [-0.1, -0.05) is 0 Å². The maximum atomic E-state index is 11.5. The van der Waals surface area contributed by atoms with Crippen molar-refractivity contribution in [3.63, 3.8) is 0 Å². The standard InChI is InChI=1S/C4H9F3N4/c1-9-3(11-8)10-2-4(5,6)7/h2,8H2,1H3,(H2,9,10,11). The molecule has 0 unspecified atom stereocenters. The molecule has 7 heteroatoms. The summed E-state index contributed by atoms with van der Waals surface area (Å²) in [5.41, 5.74) is 1.96. The summed E-state index contributed by atoms with van der Waals surface area (Å²) in [6.45, 7) is -1.15. The number of hydrogen-bond acceptors (Lipinski definition) is 2. The highest BCUT2D eigenvalue weighted by Gasteiger charge is 2.26. The van der Waals surface area contributed by atoms with Crippen molar-refractivity contribution in [3.05, 3.63) is 0 Å². The first kappa shape index (κ1) is 10.0. The van der Waals surface area contributed by atoms with Crippen molar-refractivity contribution in [2.24, 2.45) is 10.8 Å². The van der Waals surface area contributed by atoms with E-state index in [1.54, 1.807) is 0 Å². The van der Waals surface area contributed by atoms with E-state index >= 15 is 0 Å². The number of hydrazine groups is 1. The number of nitrogens with one attached hydrogen (secondary N) is 2. The highest BCUT2D eigenvalue weighted by molar-refractivity contribution is 5.78. The maximum Gasteiger partial charge on any atom is 0.405 e. The molecule has 0 aromatic carbocycles. The van der Waals surface area contributed by atoms with E-state index in [0.717, 1.165) is 0 Å². The number of nitrogens with zero attached hydrogens (tertiary/aromatic N) is 1. The van der Waals surface area contributed by atoms with Crippen molar-refractivity contribution < 1.29 is 13.2 Å². The van der Waals surface area contributed by atoms with Gasteiger partial charge in [0.2, 0.25) is 5.96 Å². The van der Waals surface area contributed by atoms with Gasteiger partial charge in [-0.15, -0.1) is 0 Å². The third-order valence-corrected chi connectivity index (χ3v) is 0.817. The molecule has 0 amide bonds. The van der Waals surface area contributed by atoms with Crippen LogP contribution in [0, 0.1) is 0 Å². The van der Waals surface area contributed by atoms with Crippen molar-refractivity contribution in [2.75, 3.05) is 13.6 Å². The zero-order chi connectivity index (χ0) is 8.91. The molecule has 0 saturated heterocycles. The highest BCUT2D eigenvalue weighted by atomic mass is 19.4. The summed E-state index contributed by atoms with van der Waals surface area (Å²) < 4.78 is 34.5. The summed E-state index contributed by atoms with van der Waals surface area (Å²) >= 11 is 0. The minimum Gasteiger partial charge on any atom is -0.346 e. The zero-order valence-electron chi connectivity index (χ0n) is 5.87. The summed E-state index contributed by atoms with van der Waals surface area (Å²) in [4.78, 5) is 3.38. The predicted octanol–water partition coefficient (Wildman–Crippen LogP) is -0.413. The van der Waals surface area contributed by atoms with E-state index in [-0.39, 0.29) is 5.96 Å². The maximum absolute atomic E-state index is 11.5. The fourth-order valence-electron chi connectivity index (χ4n) is 0.379. The molecule has 0 aliphatic rings. The molecule has 0 radical (unpaired) electrons. The molecule has 0 aliphatic carbocycles. The van der Waals surface area contributed by atoms with E-state index in [4.69, 9.17) is 5.84 Å². The third-order valence-electron chi connectivity index (χ3n) is 0.817. The molecule has 0 aromatic rings. The van der Waals surface area contributed by atoms with Crippen molar-refractivity contribution in [2.45, 2.75) is 6.18 Å². The van der Waals surface area contributed by atoms with Gasteiger partial charge in [-0.25, -0.2) is 5.84 Å². The molecular formula is C4H9F3N4. The molecule has 4 N–H and O–H groups in total. The van der Waals surface area contributed by atoms with Crippen molar-refractivity contribution in [1.82, 2.24) is 10.7 Å².